The van der Waals surface area contributed by atoms with Gasteiger partial charge in [0.05, 0.1) is 6.61 Å². The van der Waals surface area contributed by atoms with E-state index in [1.54, 1.807) is 12.1 Å². The van der Waals surface area contributed by atoms with Gasteiger partial charge in [-0.25, -0.2) is 0 Å². The number of rotatable bonds is 8. The topological polar surface area (TPSA) is 47.6 Å². The molecule has 0 spiro atoms. The third kappa shape index (κ3) is 5.68. The van der Waals surface area contributed by atoms with Gasteiger partial charge in [-0.2, -0.15) is 0 Å². The molecule has 0 aliphatic rings. The van der Waals surface area contributed by atoms with Crippen molar-refractivity contribution in [2.75, 3.05) is 6.61 Å². The van der Waals surface area contributed by atoms with Crippen LogP contribution in [0.4, 0.5) is 0 Å². The first-order valence-corrected chi connectivity index (χ1v) is 8.83. The van der Waals surface area contributed by atoms with Gasteiger partial charge in [-0.3, -0.25) is 4.79 Å². The molecular formula is C20H24ClNO3. The number of carbonyl (C=O) groups excluding carboxylic acids is 1. The average Bonchev–Trinajstić information content (AvgIpc) is 2.61. The molecule has 1 N–H and O–H groups in total. The van der Waals surface area contributed by atoms with Crippen LogP contribution in [0, 0.1) is 6.92 Å². The van der Waals surface area contributed by atoms with E-state index < -0.39 is 6.10 Å². The highest BCUT2D eigenvalue weighted by molar-refractivity contribution is 6.31. The Kier molecular flexibility index (Phi) is 7.14. The second-order valence-electron chi connectivity index (χ2n) is 5.72. The van der Waals surface area contributed by atoms with Crippen LogP contribution in [0.5, 0.6) is 11.5 Å². The SMILES string of the molecule is CCOc1cccc(CNC(=O)C(CC)Oc2ccc(Cl)c(C)c2)c1. The summed E-state index contributed by atoms with van der Waals surface area (Å²) < 4.78 is 11.3. The summed E-state index contributed by atoms with van der Waals surface area (Å²) in [5, 5.41) is 3.60. The van der Waals surface area contributed by atoms with Gasteiger partial charge in [-0.15, -0.1) is 0 Å². The van der Waals surface area contributed by atoms with Gasteiger partial charge in [-0.1, -0.05) is 30.7 Å². The standard InChI is InChI=1S/C20H24ClNO3/c1-4-19(25-17-9-10-18(21)14(3)11-17)20(23)22-13-15-7-6-8-16(12-15)24-5-2/h6-12,19H,4-5,13H2,1-3H3,(H,22,23). The van der Waals surface area contributed by atoms with E-state index in [2.05, 4.69) is 5.32 Å². The fraction of sp³-hybridized carbons (Fsp3) is 0.350. The van der Waals surface area contributed by atoms with E-state index in [-0.39, 0.29) is 5.91 Å². The number of carbonyl (C=O) groups is 1. The van der Waals surface area contributed by atoms with Crippen molar-refractivity contribution < 1.29 is 14.3 Å². The minimum absolute atomic E-state index is 0.142. The summed E-state index contributed by atoms with van der Waals surface area (Å²) >= 11 is 6.02. The Bertz CT molecular complexity index is 718. The van der Waals surface area contributed by atoms with Crippen LogP contribution >= 0.6 is 11.6 Å². The summed E-state index contributed by atoms with van der Waals surface area (Å²) in [5.41, 5.74) is 1.90. The number of hydrogen-bond acceptors (Lipinski definition) is 3. The summed E-state index contributed by atoms with van der Waals surface area (Å²) in [6.45, 7) is 6.81. The Balaban J connectivity index is 1.95. The van der Waals surface area contributed by atoms with Crippen LogP contribution in [0.15, 0.2) is 42.5 Å². The highest BCUT2D eigenvalue weighted by Gasteiger charge is 2.18. The molecule has 0 radical (unpaired) electrons. The van der Waals surface area contributed by atoms with E-state index in [9.17, 15) is 4.79 Å². The molecular weight excluding hydrogens is 338 g/mol. The zero-order chi connectivity index (χ0) is 18.2. The maximum absolute atomic E-state index is 12.4. The predicted octanol–water partition coefficient (Wildman–Crippen LogP) is 4.52. The number of amides is 1. The molecule has 4 nitrogen and oxygen atoms in total. The van der Waals surface area contributed by atoms with Crippen molar-refractivity contribution >= 4 is 17.5 Å². The molecule has 0 aromatic heterocycles. The minimum atomic E-state index is -0.546. The van der Waals surface area contributed by atoms with Gasteiger partial charge in [0.1, 0.15) is 11.5 Å². The number of halogens is 1. The highest BCUT2D eigenvalue weighted by Crippen LogP contribution is 2.22. The van der Waals surface area contributed by atoms with E-state index in [1.807, 2.05) is 51.1 Å². The molecule has 0 saturated carbocycles. The first kappa shape index (κ1) is 19.1. The van der Waals surface area contributed by atoms with Crippen LogP contribution in [0.2, 0.25) is 5.02 Å². The number of nitrogens with one attached hydrogen (secondary N) is 1. The predicted molar refractivity (Wildman–Crippen MR) is 100 cm³/mol. The molecule has 0 aliphatic carbocycles. The first-order valence-electron chi connectivity index (χ1n) is 8.45. The number of ether oxygens (including phenoxy) is 2. The average molecular weight is 362 g/mol. The maximum atomic E-state index is 12.4. The molecule has 0 bridgehead atoms. The van der Waals surface area contributed by atoms with Crippen LogP contribution in [0.25, 0.3) is 0 Å². The second-order valence-corrected chi connectivity index (χ2v) is 6.13. The molecule has 2 aromatic carbocycles. The molecule has 1 unspecified atom stereocenters. The van der Waals surface area contributed by atoms with E-state index in [4.69, 9.17) is 21.1 Å². The maximum Gasteiger partial charge on any atom is 0.261 e. The lowest BCUT2D eigenvalue weighted by molar-refractivity contribution is -0.128. The molecule has 0 fully saturated rings. The number of benzene rings is 2. The lowest BCUT2D eigenvalue weighted by atomic mass is 10.2. The Labute approximate surface area is 154 Å². The Morgan fingerprint density at radius 3 is 2.64 bits per heavy atom. The first-order chi connectivity index (χ1) is 12.0. The molecule has 134 valence electrons. The fourth-order valence-electron chi connectivity index (χ4n) is 2.39. The molecule has 25 heavy (non-hydrogen) atoms. The van der Waals surface area contributed by atoms with Gasteiger partial charge in [0.15, 0.2) is 6.10 Å². The van der Waals surface area contributed by atoms with E-state index in [0.717, 1.165) is 16.9 Å². The summed E-state index contributed by atoms with van der Waals surface area (Å²) in [4.78, 5) is 12.4. The Hall–Kier alpha value is -2.20. The molecule has 2 rings (SSSR count). The lowest BCUT2D eigenvalue weighted by Crippen LogP contribution is -2.37. The van der Waals surface area contributed by atoms with Gasteiger partial charge in [0.25, 0.3) is 5.91 Å². The summed E-state index contributed by atoms with van der Waals surface area (Å²) in [7, 11) is 0. The smallest absolute Gasteiger partial charge is 0.261 e. The molecule has 0 aliphatic heterocycles. The van der Waals surface area contributed by atoms with Crippen LogP contribution in [-0.4, -0.2) is 18.6 Å². The van der Waals surface area contributed by atoms with Gasteiger partial charge < -0.3 is 14.8 Å². The van der Waals surface area contributed by atoms with Gasteiger partial charge in [0.2, 0.25) is 0 Å². The molecule has 0 heterocycles. The third-order valence-corrected chi connectivity index (χ3v) is 4.17. The quantitative estimate of drug-likeness (QED) is 0.751. The van der Waals surface area contributed by atoms with Crippen molar-refractivity contribution in [2.45, 2.75) is 39.8 Å². The van der Waals surface area contributed by atoms with Crippen molar-refractivity contribution in [1.29, 1.82) is 0 Å². The zero-order valence-electron chi connectivity index (χ0n) is 14.8. The van der Waals surface area contributed by atoms with Crippen LogP contribution in [-0.2, 0) is 11.3 Å². The number of hydrogen-bond donors (Lipinski definition) is 1. The van der Waals surface area contributed by atoms with Gasteiger partial charge in [0, 0.05) is 11.6 Å². The largest absolute Gasteiger partial charge is 0.494 e. The highest BCUT2D eigenvalue weighted by atomic mass is 35.5. The van der Waals surface area contributed by atoms with Crippen LogP contribution in [0.3, 0.4) is 0 Å². The lowest BCUT2D eigenvalue weighted by Gasteiger charge is -2.18. The molecule has 1 atom stereocenters. The molecule has 0 saturated heterocycles. The molecule has 2 aromatic rings. The van der Waals surface area contributed by atoms with E-state index in [1.165, 1.54) is 0 Å². The van der Waals surface area contributed by atoms with E-state index >= 15 is 0 Å². The third-order valence-electron chi connectivity index (χ3n) is 3.75. The van der Waals surface area contributed by atoms with Gasteiger partial charge in [-0.05, 0) is 61.7 Å². The molecule has 1 amide bonds. The summed E-state index contributed by atoms with van der Waals surface area (Å²) in [6, 6.07) is 13.1. The second kappa shape index (κ2) is 9.33. The Morgan fingerprint density at radius 1 is 1.16 bits per heavy atom. The van der Waals surface area contributed by atoms with Crippen molar-refractivity contribution in [2.24, 2.45) is 0 Å². The van der Waals surface area contributed by atoms with Crippen molar-refractivity contribution in [3.05, 3.63) is 58.6 Å². The van der Waals surface area contributed by atoms with Crippen molar-refractivity contribution in [1.82, 2.24) is 5.32 Å². The summed E-state index contributed by atoms with van der Waals surface area (Å²) in [6.07, 6.45) is 0.0302. The molecule has 5 heteroatoms. The number of aryl methyl sites for hydroxylation is 1. The summed E-state index contributed by atoms with van der Waals surface area (Å²) in [5.74, 6) is 1.30. The Morgan fingerprint density at radius 2 is 1.96 bits per heavy atom. The normalized spacial score (nSPS) is 11.7. The zero-order valence-corrected chi connectivity index (χ0v) is 15.6. The minimum Gasteiger partial charge on any atom is -0.494 e. The van der Waals surface area contributed by atoms with E-state index in [0.29, 0.717) is 30.3 Å². The van der Waals surface area contributed by atoms with Crippen molar-refractivity contribution in [3.63, 3.8) is 0 Å². The van der Waals surface area contributed by atoms with Gasteiger partial charge >= 0.3 is 0 Å². The van der Waals surface area contributed by atoms with Crippen LogP contribution < -0.4 is 14.8 Å². The monoisotopic (exact) mass is 361 g/mol. The van der Waals surface area contributed by atoms with Crippen molar-refractivity contribution in [3.8, 4) is 11.5 Å². The van der Waals surface area contributed by atoms with Crippen LogP contribution in [0.1, 0.15) is 31.4 Å². The fourth-order valence-corrected chi connectivity index (χ4v) is 2.51.